The molecule has 0 radical (unpaired) electrons. The summed E-state index contributed by atoms with van der Waals surface area (Å²) in [6, 6.07) is 15.3. The molecule has 0 heterocycles. The van der Waals surface area contributed by atoms with Crippen LogP contribution in [0.5, 0.6) is 5.75 Å². The van der Waals surface area contributed by atoms with E-state index >= 15 is 0 Å². The summed E-state index contributed by atoms with van der Waals surface area (Å²) in [6.07, 6.45) is -3.42. The number of sulfone groups is 1. The number of hydrogen-bond acceptors (Lipinski definition) is 5. The zero-order valence-corrected chi connectivity index (χ0v) is 18.3. The van der Waals surface area contributed by atoms with Crippen LogP contribution >= 0.6 is 11.8 Å². The molecule has 0 fully saturated rings. The van der Waals surface area contributed by atoms with E-state index in [1.807, 2.05) is 0 Å². The Kier molecular flexibility index (Phi) is 6.85. The maximum absolute atomic E-state index is 12.6. The summed E-state index contributed by atoms with van der Waals surface area (Å²) in [7, 11) is -3.66. The van der Waals surface area contributed by atoms with Crippen molar-refractivity contribution in [2.75, 3.05) is 11.6 Å². The lowest BCUT2D eigenvalue weighted by Gasteiger charge is -2.09. The van der Waals surface area contributed by atoms with E-state index in [9.17, 15) is 31.5 Å². The first-order valence-electron chi connectivity index (χ1n) is 9.17. The first kappa shape index (κ1) is 23.7. The Morgan fingerprint density at radius 2 is 1.62 bits per heavy atom. The third kappa shape index (κ3) is 6.04. The Bertz CT molecular complexity index is 1220. The van der Waals surface area contributed by atoms with Crippen LogP contribution < -0.4 is 5.32 Å². The summed E-state index contributed by atoms with van der Waals surface area (Å²) in [4.78, 5) is 12.8. The number of nitrogens with one attached hydrogen (secondary N) is 1. The van der Waals surface area contributed by atoms with Crippen molar-refractivity contribution in [3.05, 3.63) is 83.4 Å². The number of carbonyl (C=O) groups excluding carboxylic acids is 1. The maximum Gasteiger partial charge on any atom is 0.416 e. The van der Waals surface area contributed by atoms with Crippen molar-refractivity contribution in [1.29, 1.82) is 0 Å². The van der Waals surface area contributed by atoms with Crippen LogP contribution in [0.15, 0.2) is 76.5 Å². The molecule has 0 bridgehead atoms. The first-order chi connectivity index (χ1) is 14.9. The van der Waals surface area contributed by atoms with Gasteiger partial charge in [0.25, 0.3) is 5.91 Å². The fourth-order valence-corrected chi connectivity index (χ4v) is 4.39. The van der Waals surface area contributed by atoms with Gasteiger partial charge in [-0.1, -0.05) is 12.1 Å². The molecule has 0 aliphatic carbocycles. The Morgan fingerprint density at radius 1 is 1.00 bits per heavy atom. The van der Waals surface area contributed by atoms with Gasteiger partial charge in [-0.05, 0) is 60.2 Å². The van der Waals surface area contributed by atoms with Gasteiger partial charge in [-0.25, -0.2) is 8.42 Å². The second kappa shape index (κ2) is 9.25. The lowest BCUT2D eigenvalue weighted by Crippen LogP contribution is -2.12. The van der Waals surface area contributed by atoms with Gasteiger partial charge >= 0.3 is 6.18 Å². The average Bonchev–Trinajstić information content (AvgIpc) is 2.73. The highest BCUT2D eigenvalue weighted by Gasteiger charge is 2.29. The Morgan fingerprint density at radius 3 is 2.19 bits per heavy atom. The van der Waals surface area contributed by atoms with Gasteiger partial charge in [-0.2, -0.15) is 13.2 Å². The number of alkyl halides is 3. The number of anilines is 1. The molecule has 1 amide bonds. The molecule has 10 heteroatoms. The molecule has 0 saturated carbocycles. The molecule has 0 atom stereocenters. The van der Waals surface area contributed by atoms with Gasteiger partial charge in [0.05, 0.1) is 5.56 Å². The molecule has 2 N–H and O–H groups in total. The van der Waals surface area contributed by atoms with Crippen LogP contribution in [0.25, 0.3) is 0 Å². The average molecular weight is 482 g/mol. The number of phenolic OH excluding ortho intramolecular Hbond substituents is 1. The van der Waals surface area contributed by atoms with Crippen LogP contribution in [0.3, 0.4) is 0 Å². The topological polar surface area (TPSA) is 83.5 Å². The molecule has 0 aromatic heterocycles. The fraction of sp³-hybridized carbons (Fsp3) is 0.136. The van der Waals surface area contributed by atoms with Crippen LogP contribution in [0.2, 0.25) is 0 Å². The van der Waals surface area contributed by atoms with Crippen LogP contribution in [-0.4, -0.2) is 25.7 Å². The predicted molar refractivity (Wildman–Crippen MR) is 117 cm³/mol. The van der Waals surface area contributed by atoms with E-state index in [4.69, 9.17) is 0 Å². The van der Waals surface area contributed by atoms with E-state index in [-0.39, 0.29) is 10.6 Å². The molecule has 32 heavy (non-hydrogen) atoms. The summed E-state index contributed by atoms with van der Waals surface area (Å²) < 4.78 is 61.3. The van der Waals surface area contributed by atoms with Crippen molar-refractivity contribution in [2.24, 2.45) is 0 Å². The van der Waals surface area contributed by atoms with Crippen molar-refractivity contribution in [3.63, 3.8) is 0 Å². The number of halogens is 3. The van der Waals surface area contributed by atoms with Gasteiger partial charge in [0, 0.05) is 28.2 Å². The van der Waals surface area contributed by atoms with Crippen molar-refractivity contribution in [1.82, 2.24) is 0 Å². The molecule has 0 aliphatic rings. The highest BCUT2D eigenvalue weighted by molar-refractivity contribution is 7.98. The number of thioether (sulfide) groups is 1. The Balaban J connectivity index is 1.62. The number of benzene rings is 3. The van der Waals surface area contributed by atoms with Crippen LogP contribution in [0.1, 0.15) is 21.5 Å². The van der Waals surface area contributed by atoms with Crippen molar-refractivity contribution in [3.8, 4) is 5.75 Å². The van der Waals surface area contributed by atoms with Crippen molar-refractivity contribution < 1.29 is 31.5 Å². The van der Waals surface area contributed by atoms with Gasteiger partial charge in [0.15, 0.2) is 9.84 Å². The monoisotopic (exact) mass is 481 g/mol. The van der Waals surface area contributed by atoms with Gasteiger partial charge in [0.2, 0.25) is 0 Å². The number of amides is 1. The molecule has 5 nitrogen and oxygen atoms in total. The fourth-order valence-electron chi connectivity index (χ4n) is 2.75. The van der Waals surface area contributed by atoms with Gasteiger partial charge in [-0.3, -0.25) is 4.79 Å². The van der Waals surface area contributed by atoms with Crippen LogP contribution in [0, 0.1) is 0 Å². The van der Waals surface area contributed by atoms with E-state index in [0.29, 0.717) is 16.2 Å². The summed E-state index contributed by atoms with van der Waals surface area (Å²) in [5.41, 5.74) is 0.724. The molecule has 0 aliphatic heterocycles. The van der Waals surface area contributed by atoms with Gasteiger partial charge in [0.1, 0.15) is 10.6 Å². The summed E-state index contributed by atoms with van der Waals surface area (Å²) in [5.74, 6) is -0.361. The third-order valence-corrected chi connectivity index (χ3v) is 6.63. The highest BCUT2D eigenvalue weighted by Crippen LogP contribution is 2.31. The Labute approximate surface area is 187 Å². The minimum atomic E-state index is -4.37. The van der Waals surface area contributed by atoms with E-state index in [1.165, 1.54) is 42.1 Å². The molecule has 3 rings (SSSR count). The van der Waals surface area contributed by atoms with Crippen LogP contribution in [-0.2, 0) is 21.8 Å². The smallest absolute Gasteiger partial charge is 0.416 e. The molecular weight excluding hydrogens is 463 g/mol. The van der Waals surface area contributed by atoms with E-state index < -0.39 is 33.2 Å². The lowest BCUT2D eigenvalue weighted by molar-refractivity contribution is -0.137. The van der Waals surface area contributed by atoms with Gasteiger partial charge in [-0.15, -0.1) is 11.8 Å². The van der Waals surface area contributed by atoms with Crippen molar-refractivity contribution in [2.45, 2.75) is 21.7 Å². The lowest BCUT2D eigenvalue weighted by atomic mass is 10.1. The zero-order valence-electron chi connectivity index (χ0n) is 16.7. The molecular formula is C22H18F3NO4S2. The van der Waals surface area contributed by atoms with Crippen LogP contribution in [0.4, 0.5) is 18.9 Å². The largest absolute Gasteiger partial charge is 0.507 e. The third-order valence-electron chi connectivity index (χ3n) is 4.42. The number of phenols is 1. The number of rotatable bonds is 6. The molecule has 3 aromatic carbocycles. The zero-order chi connectivity index (χ0) is 23.5. The van der Waals surface area contributed by atoms with Crippen molar-refractivity contribution >= 4 is 33.2 Å². The number of aromatic hydroxyl groups is 1. The van der Waals surface area contributed by atoms with E-state index in [1.54, 1.807) is 24.3 Å². The van der Waals surface area contributed by atoms with E-state index in [2.05, 4.69) is 5.32 Å². The predicted octanol–water partition coefficient (Wildman–Crippen LogP) is 5.36. The summed E-state index contributed by atoms with van der Waals surface area (Å²) in [6.45, 7) is 0. The Hall–Kier alpha value is -2.98. The quantitative estimate of drug-likeness (QED) is 0.366. The minimum absolute atomic E-state index is 0.218. The standard InChI is InChI=1S/C22H18F3NO4S2/c1-32(29,30)20-12-17(8-11-19(20)27)26-21(28)15-4-2-14(3-5-15)13-31-18-9-6-16(7-10-18)22(23,24)25/h2-12,27H,13H2,1H3,(H,26,28). The second-order valence-corrected chi connectivity index (χ2v) is 9.95. The number of carbonyl (C=O) groups is 1. The molecule has 3 aromatic rings. The maximum atomic E-state index is 12.6. The molecule has 0 spiro atoms. The number of hydrogen-bond donors (Lipinski definition) is 2. The van der Waals surface area contributed by atoms with Gasteiger partial charge < -0.3 is 10.4 Å². The highest BCUT2D eigenvalue weighted by atomic mass is 32.2. The molecule has 0 unspecified atom stereocenters. The SMILES string of the molecule is CS(=O)(=O)c1cc(NC(=O)c2ccc(CSc3ccc(C(F)(F)F)cc3)cc2)ccc1O. The summed E-state index contributed by atoms with van der Waals surface area (Å²) in [5, 5.41) is 12.3. The molecule has 0 saturated heterocycles. The summed E-state index contributed by atoms with van der Waals surface area (Å²) >= 11 is 1.37. The normalized spacial score (nSPS) is 11.9. The molecule has 168 valence electrons. The van der Waals surface area contributed by atoms with E-state index in [0.717, 1.165) is 24.0 Å². The minimum Gasteiger partial charge on any atom is -0.507 e. The first-order valence-corrected chi connectivity index (χ1v) is 12.0. The second-order valence-electron chi connectivity index (χ2n) is 6.92.